The third-order valence-corrected chi connectivity index (χ3v) is 0.856. The van der Waals surface area contributed by atoms with Gasteiger partial charge in [-0.15, -0.1) is 0 Å². The van der Waals surface area contributed by atoms with E-state index in [1.807, 2.05) is 0 Å². The van der Waals surface area contributed by atoms with Crippen LogP contribution < -0.4 is 11.4 Å². The number of nitrogens with zero attached hydrogens (tertiary/aromatic N) is 1. The van der Waals surface area contributed by atoms with Crippen LogP contribution in [0.5, 0.6) is 0 Å². The Morgan fingerprint density at radius 2 is 2.33 bits per heavy atom. The first kappa shape index (κ1) is 8.81. The number of nitrogen functional groups attached to an aromatic ring is 1. The summed E-state index contributed by atoms with van der Waals surface area (Å²) in [6.07, 6.45) is 0. The minimum atomic E-state index is -0.412. The molecule has 0 unspecified atom stereocenters. The number of nitrogens with two attached hydrogens (primary N) is 1. The molecule has 0 spiro atoms. The number of hydrogen-bond acceptors (Lipinski definition) is 3. The van der Waals surface area contributed by atoms with Gasteiger partial charge in [-0.3, -0.25) is 0 Å². The van der Waals surface area contributed by atoms with E-state index in [0.717, 1.165) is 0 Å². The fraction of sp³-hybridized carbons (Fsp3) is 0.250. The zero-order valence-corrected chi connectivity index (χ0v) is 7.42. The van der Waals surface area contributed by atoms with Gasteiger partial charge in [0.15, 0.2) is 0 Å². The van der Waals surface area contributed by atoms with Crippen LogP contribution >= 0.6 is 0 Å². The van der Waals surface area contributed by atoms with E-state index in [1.54, 1.807) is 7.05 Å². The number of anilines is 1. The van der Waals surface area contributed by atoms with E-state index in [9.17, 15) is 4.79 Å². The summed E-state index contributed by atoms with van der Waals surface area (Å²) in [6, 6.07) is 1.22. The van der Waals surface area contributed by atoms with Crippen molar-refractivity contribution in [2.45, 2.75) is 0 Å². The molecule has 0 aliphatic heterocycles. The Hall–Kier alpha value is -0.190. The van der Waals surface area contributed by atoms with Gasteiger partial charge in [-0.1, -0.05) is 0 Å². The third kappa shape index (κ3) is 1.89. The molecule has 1 heterocycles. The fourth-order valence-corrected chi connectivity index (χ4v) is 0.426. The van der Waals surface area contributed by atoms with Crippen molar-refractivity contribution in [1.82, 2.24) is 4.74 Å². The van der Waals surface area contributed by atoms with Gasteiger partial charge in [0.25, 0.3) is 0 Å². The molecule has 0 saturated heterocycles. The molecule has 2 N–H and O–H groups in total. The largest absolute Gasteiger partial charge is 0.383 e. The Morgan fingerprint density at radius 1 is 1.78 bits per heavy atom. The molecule has 0 aromatic carbocycles. The maximum atomic E-state index is 10.2. The zero-order chi connectivity index (χ0) is 6.15. The quantitative estimate of drug-likeness (QED) is 0.475. The van der Waals surface area contributed by atoms with Crippen molar-refractivity contribution in [2.75, 3.05) is 5.73 Å². The van der Waals surface area contributed by atoms with Gasteiger partial charge in [0, 0.05) is 36.6 Å². The normalized spacial score (nSPS) is 8.56. The molecule has 1 radical (unpaired) electrons. The molecule has 1 aromatic heterocycles. The Morgan fingerprint density at radius 3 is 2.44 bits per heavy atom. The monoisotopic (exact) mass is 137 g/mol. The Bertz CT molecular complexity index is 216. The molecular formula is C4H6N2NaO2. The van der Waals surface area contributed by atoms with Crippen LogP contribution in [0.15, 0.2) is 15.4 Å². The Labute approximate surface area is 73.9 Å². The molecular weight excluding hydrogens is 131 g/mol. The molecule has 0 atom stereocenters. The minimum Gasteiger partial charge on any atom is -0.383 e. The van der Waals surface area contributed by atoms with E-state index < -0.39 is 5.63 Å². The molecule has 1 rings (SSSR count). The SMILES string of the molecule is Cn1oc(=O)cc1N.[Na]. The predicted octanol–water partition coefficient (Wildman–Crippen LogP) is -0.820. The summed E-state index contributed by atoms with van der Waals surface area (Å²) in [5.41, 5.74) is 4.80. The average molecular weight is 137 g/mol. The van der Waals surface area contributed by atoms with E-state index in [2.05, 4.69) is 4.52 Å². The van der Waals surface area contributed by atoms with Crippen molar-refractivity contribution in [2.24, 2.45) is 7.05 Å². The molecule has 0 amide bonds. The maximum Gasteiger partial charge on any atom is 0.359 e. The first-order valence-electron chi connectivity index (χ1n) is 2.13. The van der Waals surface area contributed by atoms with Crippen molar-refractivity contribution >= 4 is 35.4 Å². The molecule has 9 heavy (non-hydrogen) atoms. The smallest absolute Gasteiger partial charge is 0.359 e. The fourth-order valence-electron chi connectivity index (χ4n) is 0.426. The Balaban J connectivity index is 0.000000640. The zero-order valence-electron chi connectivity index (χ0n) is 5.42. The second kappa shape index (κ2) is 3.10. The summed E-state index contributed by atoms with van der Waals surface area (Å²) < 4.78 is 5.66. The van der Waals surface area contributed by atoms with Crippen molar-refractivity contribution in [3.63, 3.8) is 0 Å². The van der Waals surface area contributed by atoms with Gasteiger partial charge in [-0.05, 0) is 0 Å². The second-order valence-electron chi connectivity index (χ2n) is 1.48. The second-order valence-corrected chi connectivity index (χ2v) is 1.48. The standard InChI is InChI=1S/C4H6N2O2.Na/c1-6-3(5)2-4(7)8-6;/h2H,5H2,1H3;. The number of aromatic nitrogens is 1. The molecule has 0 aliphatic carbocycles. The molecule has 0 saturated carbocycles. The number of aryl methyl sites for hydroxylation is 1. The van der Waals surface area contributed by atoms with Crippen molar-refractivity contribution in [3.8, 4) is 0 Å². The van der Waals surface area contributed by atoms with Crippen molar-refractivity contribution in [1.29, 1.82) is 0 Å². The molecule has 4 nitrogen and oxygen atoms in total. The van der Waals surface area contributed by atoms with E-state index in [-0.39, 0.29) is 29.6 Å². The van der Waals surface area contributed by atoms with E-state index >= 15 is 0 Å². The van der Waals surface area contributed by atoms with Crippen LogP contribution in [0, 0.1) is 0 Å². The van der Waals surface area contributed by atoms with Crippen LogP contribution in [-0.2, 0) is 7.05 Å². The summed E-state index contributed by atoms with van der Waals surface area (Å²) in [5.74, 6) is 0.343. The van der Waals surface area contributed by atoms with E-state index in [1.165, 1.54) is 10.8 Å². The van der Waals surface area contributed by atoms with Crippen LogP contribution in [-0.4, -0.2) is 34.3 Å². The summed E-state index contributed by atoms with van der Waals surface area (Å²) in [6.45, 7) is 0. The van der Waals surface area contributed by atoms with Crippen molar-refractivity contribution in [3.05, 3.63) is 16.5 Å². The van der Waals surface area contributed by atoms with Crippen LogP contribution in [0.1, 0.15) is 0 Å². The first-order valence-corrected chi connectivity index (χ1v) is 2.13. The summed E-state index contributed by atoms with van der Waals surface area (Å²) in [5, 5.41) is 0. The third-order valence-electron chi connectivity index (χ3n) is 0.856. The summed E-state index contributed by atoms with van der Waals surface area (Å²) in [4.78, 5) is 10.2. The van der Waals surface area contributed by atoms with Gasteiger partial charge in [-0.2, -0.15) is 4.74 Å². The summed E-state index contributed by atoms with van der Waals surface area (Å²) >= 11 is 0. The van der Waals surface area contributed by atoms with Crippen LogP contribution in [0.25, 0.3) is 0 Å². The van der Waals surface area contributed by atoms with E-state index in [4.69, 9.17) is 5.73 Å². The molecule has 0 aliphatic rings. The average Bonchev–Trinajstić information content (AvgIpc) is 1.85. The van der Waals surface area contributed by atoms with Crippen LogP contribution in [0.3, 0.4) is 0 Å². The van der Waals surface area contributed by atoms with Gasteiger partial charge in [0.2, 0.25) is 0 Å². The van der Waals surface area contributed by atoms with Crippen LogP contribution in [0.2, 0.25) is 0 Å². The topological polar surface area (TPSA) is 61.2 Å². The predicted molar refractivity (Wildman–Crippen MR) is 34.1 cm³/mol. The molecule has 45 valence electrons. The number of hydrogen-bond donors (Lipinski definition) is 1. The van der Waals surface area contributed by atoms with Gasteiger partial charge >= 0.3 is 5.63 Å². The molecule has 0 bridgehead atoms. The minimum absolute atomic E-state index is 0. The molecule has 1 aromatic rings. The first-order chi connectivity index (χ1) is 3.70. The summed E-state index contributed by atoms with van der Waals surface area (Å²) in [7, 11) is 1.57. The van der Waals surface area contributed by atoms with Crippen LogP contribution in [0.4, 0.5) is 5.82 Å². The van der Waals surface area contributed by atoms with Gasteiger partial charge in [0.05, 0.1) is 6.07 Å². The Kier molecular flexibility index (Phi) is 3.03. The number of rotatable bonds is 0. The van der Waals surface area contributed by atoms with Gasteiger partial charge < -0.3 is 10.3 Å². The molecule has 0 fully saturated rings. The van der Waals surface area contributed by atoms with Gasteiger partial charge in [0.1, 0.15) is 5.82 Å². The molecule has 5 heteroatoms. The van der Waals surface area contributed by atoms with Crippen molar-refractivity contribution < 1.29 is 4.52 Å². The van der Waals surface area contributed by atoms with Gasteiger partial charge in [-0.25, -0.2) is 4.79 Å². The maximum absolute atomic E-state index is 10.2. The van der Waals surface area contributed by atoms with E-state index in [0.29, 0.717) is 5.82 Å².